The highest BCUT2D eigenvalue weighted by Gasteiger charge is 2.24. The van der Waals surface area contributed by atoms with E-state index >= 15 is 0 Å². The monoisotopic (exact) mass is 249 g/mol. The lowest BCUT2D eigenvalue weighted by atomic mass is 10.2. The topological polar surface area (TPSA) is 64.9 Å². The van der Waals surface area contributed by atoms with Crippen LogP contribution in [0.4, 0.5) is 5.69 Å². The number of aromatic nitrogens is 2. The summed E-state index contributed by atoms with van der Waals surface area (Å²) in [4.78, 5) is 4.34. The molecule has 1 aromatic carbocycles. The molecule has 0 saturated heterocycles. The number of rotatable bonds is 3. The Morgan fingerprint density at radius 2 is 2.24 bits per heavy atom. The molecule has 2 N–H and O–H groups in total. The molecule has 88 valence electrons. The lowest BCUT2D eigenvalue weighted by Crippen LogP contribution is -1.92. The summed E-state index contributed by atoms with van der Waals surface area (Å²) in [5.74, 6) is 1.87. The zero-order valence-electron chi connectivity index (χ0n) is 9.19. The third-order valence-corrected chi connectivity index (χ3v) is 3.21. The Hall–Kier alpha value is -1.55. The fourth-order valence-corrected chi connectivity index (χ4v) is 2.05. The molecule has 0 aliphatic heterocycles. The lowest BCUT2D eigenvalue weighted by molar-refractivity contribution is 0.421. The minimum Gasteiger partial charge on any atom is -0.398 e. The molecule has 1 aliphatic carbocycles. The molecule has 2 aromatic rings. The van der Waals surface area contributed by atoms with E-state index in [1.807, 2.05) is 0 Å². The predicted octanol–water partition coefficient (Wildman–Crippen LogP) is 2.92. The van der Waals surface area contributed by atoms with Crippen LogP contribution in [0.3, 0.4) is 0 Å². The van der Waals surface area contributed by atoms with Crippen LogP contribution in [0.15, 0.2) is 22.7 Å². The van der Waals surface area contributed by atoms with Crippen molar-refractivity contribution < 1.29 is 4.52 Å². The molecule has 0 bridgehead atoms. The van der Waals surface area contributed by atoms with Gasteiger partial charge in [0.1, 0.15) is 0 Å². The molecular weight excluding hydrogens is 238 g/mol. The molecular formula is C12H12ClN3O. The van der Waals surface area contributed by atoms with E-state index in [-0.39, 0.29) is 0 Å². The third-order valence-electron chi connectivity index (χ3n) is 2.90. The number of nitrogen functional groups attached to an aromatic ring is 1. The second-order valence-electron chi connectivity index (χ2n) is 4.37. The van der Waals surface area contributed by atoms with E-state index in [0.717, 1.165) is 18.2 Å². The van der Waals surface area contributed by atoms with Gasteiger partial charge in [0.2, 0.25) is 0 Å². The number of hydrogen-bond donors (Lipinski definition) is 1. The lowest BCUT2D eigenvalue weighted by Gasteiger charge is -2.01. The molecule has 3 rings (SSSR count). The van der Waals surface area contributed by atoms with Crippen LogP contribution in [0.25, 0.3) is 11.5 Å². The van der Waals surface area contributed by atoms with Crippen LogP contribution in [0.1, 0.15) is 18.7 Å². The van der Waals surface area contributed by atoms with Gasteiger partial charge >= 0.3 is 0 Å². The van der Waals surface area contributed by atoms with Crippen LogP contribution < -0.4 is 5.73 Å². The van der Waals surface area contributed by atoms with E-state index in [1.54, 1.807) is 18.2 Å². The highest BCUT2D eigenvalue weighted by Crippen LogP contribution is 2.34. The summed E-state index contributed by atoms with van der Waals surface area (Å²) < 4.78 is 5.22. The number of hydrogen-bond acceptors (Lipinski definition) is 4. The van der Waals surface area contributed by atoms with Crippen molar-refractivity contribution in [3.63, 3.8) is 0 Å². The minimum atomic E-state index is 0.406. The van der Waals surface area contributed by atoms with Crippen LogP contribution >= 0.6 is 11.6 Å². The van der Waals surface area contributed by atoms with E-state index in [1.165, 1.54) is 12.8 Å². The molecule has 1 aliphatic rings. The van der Waals surface area contributed by atoms with Crippen LogP contribution in [0.2, 0.25) is 5.02 Å². The average molecular weight is 250 g/mol. The zero-order valence-corrected chi connectivity index (χ0v) is 9.94. The maximum atomic E-state index is 6.08. The summed E-state index contributed by atoms with van der Waals surface area (Å²) >= 11 is 6.08. The second kappa shape index (κ2) is 4.04. The number of nitrogens with zero attached hydrogens (tertiary/aromatic N) is 2. The fraction of sp³-hybridized carbons (Fsp3) is 0.333. The fourth-order valence-electron chi connectivity index (χ4n) is 1.79. The van der Waals surface area contributed by atoms with E-state index < -0.39 is 0 Å². The number of halogens is 1. The molecule has 5 heteroatoms. The van der Waals surface area contributed by atoms with Gasteiger partial charge in [0.25, 0.3) is 5.89 Å². The van der Waals surface area contributed by atoms with Crippen LogP contribution in [0, 0.1) is 5.92 Å². The Kier molecular flexibility index (Phi) is 2.52. The van der Waals surface area contributed by atoms with Crippen molar-refractivity contribution in [1.82, 2.24) is 10.1 Å². The number of benzene rings is 1. The summed E-state index contributed by atoms with van der Waals surface area (Å²) in [6.07, 6.45) is 3.41. The van der Waals surface area contributed by atoms with Gasteiger partial charge in [-0.25, -0.2) is 0 Å². The quantitative estimate of drug-likeness (QED) is 0.850. The Morgan fingerprint density at radius 1 is 1.41 bits per heavy atom. The molecule has 1 heterocycles. The van der Waals surface area contributed by atoms with Crippen molar-refractivity contribution >= 4 is 17.3 Å². The van der Waals surface area contributed by atoms with Crippen molar-refractivity contribution in [2.75, 3.05) is 5.73 Å². The third kappa shape index (κ3) is 2.13. The summed E-state index contributed by atoms with van der Waals surface area (Å²) in [6, 6.07) is 5.33. The van der Waals surface area contributed by atoms with E-state index in [0.29, 0.717) is 22.2 Å². The van der Waals surface area contributed by atoms with Crippen molar-refractivity contribution in [2.24, 2.45) is 5.92 Å². The SMILES string of the molecule is Nc1cccc(Cl)c1-c1nc(CC2CC2)no1. The molecule has 4 nitrogen and oxygen atoms in total. The highest BCUT2D eigenvalue weighted by atomic mass is 35.5. The van der Waals surface area contributed by atoms with Crippen molar-refractivity contribution in [3.05, 3.63) is 29.0 Å². The first-order valence-electron chi connectivity index (χ1n) is 5.61. The zero-order chi connectivity index (χ0) is 11.8. The highest BCUT2D eigenvalue weighted by molar-refractivity contribution is 6.33. The van der Waals surface area contributed by atoms with Crippen LogP contribution in [-0.2, 0) is 6.42 Å². The van der Waals surface area contributed by atoms with Crippen LogP contribution in [-0.4, -0.2) is 10.1 Å². The van der Waals surface area contributed by atoms with Gasteiger partial charge in [0.05, 0.1) is 10.6 Å². The van der Waals surface area contributed by atoms with E-state index in [9.17, 15) is 0 Å². The van der Waals surface area contributed by atoms with Crippen molar-refractivity contribution in [3.8, 4) is 11.5 Å². The molecule has 0 unspecified atom stereocenters. The van der Waals surface area contributed by atoms with Gasteiger partial charge in [-0.05, 0) is 30.9 Å². The van der Waals surface area contributed by atoms with Gasteiger partial charge in [0, 0.05) is 12.1 Å². The van der Waals surface area contributed by atoms with Gasteiger partial charge in [0.15, 0.2) is 5.82 Å². The summed E-state index contributed by atoms with van der Waals surface area (Å²) in [7, 11) is 0. The molecule has 1 saturated carbocycles. The molecule has 1 aromatic heterocycles. The van der Waals surface area contributed by atoms with Crippen LogP contribution in [0.5, 0.6) is 0 Å². The van der Waals surface area contributed by atoms with Gasteiger partial charge in [-0.2, -0.15) is 4.98 Å². The van der Waals surface area contributed by atoms with E-state index in [4.69, 9.17) is 21.9 Å². The maximum absolute atomic E-state index is 6.08. The normalized spacial score (nSPS) is 15.1. The van der Waals surface area contributed by atoms with E-state index in [2.05, 4.69) is 10.1 Å². The first-order valence-corrected chi connectivity index (χ1v) is 5.99. The molecule has 1 fully saturated rings. The molecule has 0 amide bonds. The Balaban J connectivity index is 1.94. The number of nitrogens with two attached hydrogens (primary N) is 1. The Bertz CT molecular complexity index is 528. The van der Waals surface area contributed by atoms with Gasteiger partial charge in [-0.1, -0.05) is 22.8 Å². The molecule has 0 atom stereocenters. The van der Waals surface area contributed by atoms with Gasteiger partial charge in [-0.3, -0.25) is 0 Å². The molecule has 0 spiro atoms. The van der Waals surface area contributed by atoms with Crippen molar-refractivity contribution in [1.29, 1.82) is 0 Å². The summed E-state index contributed by atoms with van der Waals surface area (Å²) in [5.41, 5.74) is 7.05. The Morgan fingerprint density at radius 3 is 2.94 bits per heavy atom. The summed E-state index contributed by atoms with van der Waals surface area (Å²) in [6.45, 7) is 0. The van der Waals surface area contributed by atoms with Gasteiger partial charge < -0.3 is 10.3 Å². The first-order chi connectivity index (χ1) is 8.24. The average Bonchev–Trinajstić information content (AvgIpc) is 2.97. The standard InChI is InChI=1S/C12H12ClN3O/c13-8-2-1-3-9(14)11(8)12-15-10(16-17-12)6-7-4-5-7/h1-3,7H,4-6,14H2. The minimum absolute atomic E-state index is 0.406. The van der Waals surface area contributed by atoms with Gasteiger partial charge in [-0.15, -0.1) is 0 Å². The molecule has 0 radical (unpaired) electrons. The largest absolute Gasteiger partial charge is 0.398 e. The predicted molar refractivity (Wildman–Crippen MR) is 65.6 cm³/mol. The second-order valence-corrected chi connectivity index (χ2v) is 4.77. The Labute approximate surface area is 104 Å². The smallest absolute Gasteiger partial charge is 0.261 e. The van der Waals surface area contributed by atoms with Crippen molar-refractivity contribution in [2.45, 2.75) is 19.3 Å². The molecule has 17 heavy (non-hydrogen) atoms. The summed E-state index contributed by atoms with van der Waals surface area (Å²) in [5, 5.41) is 4.49. The number of anilines is 1. The first kappa shape index (κ1) is 10.6. The maximum Gasteiger partial charge on any atom is 0.261 e.